The molecule has 0 fully saturated rings. The van der Waals surface area contributed by atoms with Crippen molar-refractivity contribution >= 4 is 11.7 Å². The summed E-state index contributed by atoms with van der Waals surface area (Å²) in [6.45, 7) is 7.16. The van der Waals surface area contributed by atoms with Gasteiger partial charge in [-0.25, -0.2) is 4.79 Å². The van der Waals surface area contributed by atoms with Gasteiger partial charge in [0.05, 0.1) is 12.7 Å². The van der Waals surface area contributed by atoms with Crippen LogP contribution in [0.2, 0.25) is 0 Å². The predicted molar refractivity (Wildman–Crippen MR) is 86.7 cm³/mol. The molecule has 5 nitrogen and oxygen atoms in total. The van der Waals surface area contributed by atoms with E-state index < -0.39 is 0 Å². The van der Waals surface area contributed by atoms with Gasteiger partial charge >= 0.3 is 6.03 Å². The second-order valence-corrected chi connectivity index (χ2v) is 5.40. The number of hydrogen-bond donors (Lipinski definition) is 2. The Bertz CT molecular complexity index is 432. The highest BCUT2D eigenvalue weighted by Gasteiger charge is 2.09. The fraction of sp³-hybridized carbons (Fsp3) is 0.562. The maximum absolute atomic E-state index is 12.0. The smallest absolute Gasteiger partial charge is 0.321 e. The zero-order chi connectivity index (χ0) is 15.8. The summed E-state index contributed by atoms with van der Waals surface area (Å²) in [6.07, 6.45) is 0.183. The molecule has 21 heavy (non-hydrogen) atoms. The number of benzene rings is 1. The summed E-state index contributed by atoms with van der Waals surface area (Å²) in [6, 6.07) is 8.03. The molecule has 0 bridgehead atoms. The number of likely N-dealkylation sites (N-methyl/N-ethyl adjacent to an activating group) is 1. The molecule has 1 aromatic carbocycles. The van der Waals surface area contributed by atoms with Crippen molar-refractivity contribution in [2.75, 3.05) is 32.6 Å². The number of ether oxygens (including phenoxy) is 1. The van der Waals surface area contributed by atoms with Crippen LogP contribution in [0.5, 0.6) is 0 Å². The number of nitrogens with zero attached hydrogens (tertiary/aromatic N) is 1. The van der Waals surface area contributed by atoms with Crippen LogP contribution < -0.4 is 10.6 Å². The number of carbonyl (C=O) groups excluding carboxylic acids is 1. The average molecular weight is 293 g/mol. The molecule has 1 atom stereocenters. The van der Waals surface area contributed by atoms with Crippen molar-refractivity contribution in [3.05, 3.63) is 29.8 Å². The summed E-state index contributed by atoms with van der Waals surface area (Å²) < 4.78 is 5.44. The van der Waals surface area contributed by atoms with E-state index in [1.165, 1.54) is 5.56 Å². The van der Waals surface area contributed by atoms with Gasteiger partial charge in [0.1, 0.15) is 0 Å². The molecule has 0 saturated heterocycles. The van der Waals surface area contributed by atoms with Crippen LogP contribution in [0.3, 0.4) is 0 Å². The molecule has 1 aromatic rings. The Morgan fingerprint density at radius 1 is 1.24 bits per heavy atom. The molecule has 0 spiro atoms. The van der Waals surface area contributed by atoms with Crippen LogP contribution in [-0.4, -0.2) is 44.3 Å². The standard InChI is InChI=1S/C16H27N3O2/c1-12(2)21-11-10-19(5)16(20)18-15-8-6-14(7-9-15)13(3)17-4/h6-9,12-13,17H,10-11H2,1-5H3,(H,18,20). The Labute approximate surface area is 127 Å². The van der Waals surface area contributed by atoms with Crippen LogP contribution >= 0.6 is 0 Å². The summed E-state index contributed by atoms with van der Waals surface area (Å²) in [5.74, 6) is 0. The van der Waals surface area contributed by atoms with E-state index >= 15 is 0 Å². The molecule has 0 saturated carbocycles. The van der Waals surface area contributed by atoms with E-state index in [0.29, 0.717) is 19.2 Å². The second kappa shape index (κ2) is 8.64. The minimum absolute atomic E-state index is 0.128. The molecule has 2 N–H and O–H groups in total. The second-order valence-electron chi connectivity index (χ2n) is 5.40. The number of nitrogens with one attached hydrogen (secondary N) is 2. The minimum atomic E-state index is -0.128. The van der Waals surface area contributed by atoms with Gasteiger partial charge < -0.3 is 20.3 Å². The zero-order valence-corrected chi connectivity index (χ0v) is 13.6. The summed E-state index contributed by atoms with van der Waals surface area (Å²) in [4.78, 5) is 13.6. The van der Waals surface area contributed by atoms with Crippen LogP contribution in [0.25, 0.3) is 0 Å². The SMILES string of the molecule is CNC(C)c1ccc(NC(=O)N(C)CCOC(C)C)cc1. The molecule has 0 aromatic heterocycles. The Kier molecular flexibility index (Phi) is 7.19. The van der Waals surface area contributed by atoms with Gasteiger partial charge in [-0.1, -0.05) is 12.1 Å². The van der Waals surface area contributed by atoms with E-state index in [9.17, 15) is 4.79 Å². The van der Waals surface area contributed by atoms with Crippen molar-refractivity contribution in [3.8, 4) is 0 Å². The summed E-state index contributed by atoms with van der Waals surface area (Å²) in [5.41, 5.74) is 1.98. The average Bonchev–Trinajstić information content (AvgIpc) is 2.46. The summed E-state index contributed by atoms with van der Waals surface area (Å²) in [5, 5.41) is 6.06. The van der Waals surface area contributed by atoms with Crippen molar-refractivity contribution in [1.29, 1.82) is 0 Å². The molecular weight excluding hydrogens is 266 g/mol. The van der Waals surface area contributed by atoms with Crippen LogP contribution in [0, 0.1) is 0 Å². The highest BCUT2D eigenvalue weighted by Crippen LogP contribution is 2.15. The third-order valence-electron chi connectivity index (χ3n) is 3.32. The Balaban J connectivity index is 2.46. The highest BCUT2D eigenvalue weighted by molar-refractivity contribution is 5.89. The fourth-order valence-corrected chi connectivity index (χ4v) is 1.77. The molecular formula is C16H27N3O2. The maximum Gasteiger partial charge on any atom is 0.321 e. The first-order valence-corrected chi connectivity index (χ1v) is 7.35. The number of urea groups is 1. The van der Waals surface area contributed by atoms with Gasteiger partial charge in [0, 0.05) is 25.3 Å². The highest BCUT2D eigenvalue weighted by atomic mass is 16.5. The number of rotatable bonds is 7. The normalized spacial score (nSPS) is 12.3. The lowest BCUT2D eigenvalue weighted by Crippen LogP contribution is -2.34. The van der Waals surface area contributed by atoms with E-state index in [0.717, 1.165) is 5.69 Å². The first kappa shape index (κ1) is 17.5. The lowest BCUT2D eigenvalue weighted by Gasteiger charge is -2.19. The van der Waals surface area contributed by atoms with E-state index in [-0.39, 0.29) is 12.1 Å². The van der Waals surface area contributed by atoms with E-state index in [1.807, 2.05) is 45.2 Å². The Morgan fingerprint density at radius 2 is 1.86 bits per heavy atom. The summed E-state index contributed by atoms with van der Waals surface area (Å²) >= 11 is 0. The molecule has 0 aliphatic heterocycles. The summed E-state index contributed by atoms with van der Waals surface area (Å²) in [7, 11) is 3.69. The Hall–Kier alpha value is -1.59. The molecule has 1 unspecified atom stereocenters. The van der Waals surface area contributed by atoms with E-state index in [2.05, 4.69) is 17.6 Å². The molecule has 0 radical (unpaired) electrons. The number of hydrogen-bond acceptors (Lipinski definition) is 3. The number of amides is 2. The molecule has 1 rings (SSSR count). The van der Waals surface area contributed by atoms with Crippen molar-refractivity contribution in [2.24, 2.45) is 0 Å². The lowest BCUT2D eigenvalue weighted by atomic mass is 10.1. The van der Waals surface area contributed by atoms with Crippen LogP contribution in [-0.2, 0) is 4.74 Å². The van der Waals surface area contributed by atoms with Crippen LogP contribution in [0.1, 0.15) is 32.4 Å². The molecule has 5 heteroatoms. The Morgan fingerprint density at radius 3 is 2.38 bits per heavy atom. The zero-order valence-electron chi connectivity index (χ0n) is 13.6. The van der Waals surface area contributed by atoms with E-state index in [4.69, 9.17) is 4.74 Å². The molecule has 118 valence electrons. The monoisotopic (exact) mass is 293 g/mol. The number of carbonyl (C=O) groups is 1. The first-order chi connectivity index (χ1) is 9.93. The van der Waals surface area contributed by atoms with Crippen LogP contribution in [0.15, 0.2) is 24.3 Å². The number of anilines is 1. The molecule has 0 aliphatic carbocycles. The van der Waals surface area contributed by atoms with Crippen molar-refractivity contribution < 1.29 is 9.53 Å². The van der Waals surface area contributed by atoms with Gasteiger partial charge in [-0.15, -0.1) is 0 Å². The topological polar surface area (TPSA) is 53.6 Å². The molecule has 0 heterocycles. The van der Waals surface area contributed by atoms with Gasteiger partial charge in [-0.05, 0) is 45.5 Å². The minimum Gasteiger partial charge on any atom is -0.377 e. The van der Waals surface area contributed by atoms with Gasteiger partial charge in [-0.3, -0.25) is 0 Å². The van der Waals surface area contributed by atoms with Crippen molar-refractivity contribution in [2.45, 2.75) is 32.9 Å². The lowest BCUT2D eigenvalue weighted by molar-refractivity contribution is 0.0691. The van der Waals surface area contributed by atoms with Crippen LogP contribution in [0.4, 0.5) is 10.5 Å². The third kappa shape index (κ3) is 6.14. The third-order valence-corrected chi connectivity index (χ3v) is 3.32. The predicted octanol–water partition coefficient (Wildman–Crippen LogP) is 2.86. The molecule has 2 amide bonds. The largest absolute Gasteiger partial charge is 0.377 e. The van der Waals surface area contributed by atoms with Crippen molar-refractivity contribution in [3.63, 3.8) is 0 Å². The quantitative estimate of drug-likeness (QED) is 0.813. The van der Waals surface area contributed by atoms with Gasteiger partial charge in [0.2, 0.25) is 0 Å². The fourth-order valence-electron chi connectivity index (χ4n) is 1.77. The van der Waals surface area contributed by atoms with Gasteiger partial charge in [-0.2, -0.15) is 0 Å². The molecule has 0 aliphatic rings. The van der Waals surface area contributed by atoms with Crippen molar-refractivity contribution in [1.82, 2.24) is 10.2 Å². The van der Waals surface area contributed by atoms with Gasteiger partial charge in [0.15, 0.2) is 0 Å². The first-order valence-electron chi connectivity index (χ1n) is 7.35. The van der Waals surface area contributed by atoms with Gasteiger partial charge in [0.25, 0.3) is 0 Å². The maximum atomic E-state index is 12.0. The van der Waals surface area contributed by atoms with E-state index in [1.54, 1.807) is 11.9 Å².